The molecule has 6 rings (SSSR count). The van der Waals surface area contributed by atoms with Crippen molar-refractivity contribution in [1.29, 1.82) is 0 Å². The Balaban J connectivity index is 1.26. The number of fused-ring (bicyclic) bond motifs is 2. The summed E-state index contributed by atoms with van der Waals surface area (Å²) in [7, 11) is 0. The number of para-hydroxylation sites is 1. The molecule has 0 saturated carbocycles. The fraction of sp³-hybridized carbons (Fsp3) is 0.0690. The third-order valence-electron chi connectivity index (χ3n) is 6.38. The minimum absolute atomic E-state index is 0.354. The van der Waals surface area contributed by atoms with Crippen LogP contribution in [0.3, 0.4) is 0 Å². The molecule has 1 aliphatic heterocycles. The van der Waals surface area contributed by atoms with Crippen LogP contribution in [0, 0.1) is 13.8 Å². The Morgan fingerprint density at radius 3 is 2.16 bits per heavy atom. The molecule has 8 heteroatoms. The number of rotatable bonds is 4. The average molecular weight is 488 g/mol. The van der Waals surface area contributed by atoms with Gasteiger partial charge in [0.05, 0.1) is 28.0 Å². The Labute approximate surface area is 212 Å². The van der Waals surface area contributed by atoms with Crippen molar-refractivity contribution in [2.45, 2.75) is 13.8 Å². The van der Waals surface area contributed by atoms with Gasteiger partial charge in [0.25, 0.3) is 17.7 Å². The van der Waals surface area contributed by atoms with Crippen LogP contribution in [0.5, 0.6) is 0 Å². The number of nitrogens with one attached hydrogen (secondary N) is 1. The lowest BCUT2D eigenvalue weighted by molar-refractivity contribution is 0.0925. The maximum atomic E-state index is 13.1. The smallest absolute Gasteiger partial charge is 0.266 e. The second-order valence-electron chi connectivity index (χ2n) is 8.89. The van der Waals surface area contributed by atoms with E-state index in [1.807, 2.05) is 44.2 Å². The van der Waals surface area contributed by atoms with Gasteiger partial charge in [0.15, 0.2) is 5.82 Å². The number of carbonyl (C=O) groups is 3. The van der Waals surface area contributed by atoms with Crippen molar-refractivity contribution in [3.8, 4) is 5.82 Å². The van der Waals surface area contributed by atoms with Crippen LogP contribution in [0.15, 0.2) is 84.9 Å². The SMILES string of the molecule is Cc1cc(NC(=O)c2ccc(N3C(=O)c4ccccc4C3=O)cc2)n(-c2cc(C)c3ccccc3n2)n1. The molecule has 3 heterocycles. The van der Waals surface area contributed by atoms with Gasteiger partial charge in [0.1, 0.15) is 5.82 Å². The number of amides is 3. The number of anilines is 2. The first-order chi connectivity index (χ1) is 17.9. The van der Waals surface area contributed by atoms with E-state index >= 15 is 0 Å². The normalized spacial score (nSPS) is 12.8. The van der Waals surface area contributed by atoms with Crippen LogP contribution in [0.2, 0.25) is 0 Å². The van der Waals surface area contributed by atoms with Gasteiger partial charge in [-0.2, -0.15) is 9.78 Å². The Kier molecular flexibility index (Phi) is 5.15. The maximum absolute atomic E-state index is 13.1. The first kappa shape index (κ1) is 22.4. The summed E-state index contributed by atoms with van der Waals surface area (Å²) < 4.78 is 1.61. The molecule has 0 radical (unpaired) electrons. The number of benzene rings is 3. The number of nitrogens with zero attached hydrogens (tertiary/aromatic N) is 4. The molecular weight excluding hydrogens is 466 g/mol. The molecule has 0 aliphatic carbocycles. The van der Waals surface area contributed by atoms with Gasteiger partial charge in [-0.3, -0.25) is 14.4 Å². The molecule has 3 amide bonds. The number of imide groups is 1. The van der Waals surface area contributed by atoms with Crippen LogP contribution < -0.4 is 10.2 Å². The van der Waals surface area contributed by atoms with Gasteiger partial charge in [0.2, 0.25) is 0 Å². The van der Waals surface area contributed by atoms with Gasteiger partial charge in [-0.1, -0.05) is 30.3 Å². The quantitative estimate of drug-likeness (QED) is 0.356. The molecule has 2 aromatic heterocycles. The fourth-order valence-corrected chi connectivity index (χ4v) is 4.58. The van der Waals surface area contributed by atoms with E-state index in [0.29, 0.717) is 34.0 Å². The Hall–Kier alpha value is -5.11. The summed E-state index contributed by atoms with van der Waals surface area (Å²) in [5.74, 6) is -0.0343. The predicted octanol–water partition coefficient (Wildman–Crippen LogP) is 5.09. The molecule has 1 N–H and O–H groups in total. The first-order valence-corrected chi connectivity index (χ1v) is 11.7. The Bertz CT molecular complexity index is 1700. The van der Waals surface area contributed by atoms with Crippen molar-refractivity contribution in [3.63, 3.8) is 0 Å². The number of pyridine rings is 1. The van der Waals surface area contributed by atoms with E-state index in [-0.39, 0.29) is 17.7 Å². The summed E-state index contributed by atoms with van der Waals surface area (Å²) in [5, 5.41) is 8.50. The zero-order valence-electron chi connectivity index (χ0n) is 20.1. The highest BCUT2D eigenvalue weighted by molar-refractivity contribution is 6.34. The number of carbonyl (C=O) groups excluding carboxylic acids is 3. The summed E-state index contributed by atoms with van der Waals surface area (Å²) in [6.07, 6.45) is 0. The molecule has 0 atom stereocenters. The van der Waals surface area contributed by atoms with Crippen molar-refractivity contribution in [2.24, 2.45) is 0 Å². The predicted molar refractivity (Wildman–Crippen MR) is 140 cm³/mol. The highest BCUT2D eigenvalue weighted by Crippen LogP contribution is 2.29. The van der Waals surface area contributed by atoms with Crippen LogP contribution in [-0.2, 0) is 0 Å². The summed E-state index contributed by atoms with van der Waals surface area (Å²) in [6, 6.07) is 24.6. The van der Waals surface area contributed by atoms with E-state index in [0.717, 1.165) is 27.1 Å². The Morgan fingerprint density at radius 2 is 1.46 bits per heavy atom. The van der Waals surface area contributed by atoms with E-state index in [4.69, 9.17) is 4.98 Å². The lowest BCUT2D eigenvalue weighted by Crippen LogP contribution is -2.29. The van der Waals surface area contributed by atoms with E-state index in [9.17, 15) is 14.4 Å². The highest BCUT2D eigenvalue weighted by atomic mass is 16.2. The molecule has 1 aliphatic rings. The van der Waals surface area contributed by atoms with Crippen molar-refractivity contribution in [1.82, 2.24) is 14.8 Å². The highest BCUT2D eigenvalue weighted by Gasteiger charge is 2.36. The largest absolute Gasteiger partial charge is 0.306 e. The third kappa shape index (κ3) is 3.75. The van der Waals surface area contributed by atoms with Crippen LogP contribution >= 0.6 is 0 Å². The van der Waals surface area contributed by atoms with Crippen LogP contribution in [0.4, 0.5) is 11.5 Å². The van der Waals surface area contributed by atoms with Crippen LogP contribution in [0.25, 0.3) is 16.7 Å². The number of hydrogen-bond acceptors (Lipinski definition) is 5. The monoisotopic (exact) mass is 487 g/mol. The molecule has 3 aromatic carbocycles. The van der Waals surface area contributed by atoms with Crippen LogP contribution in [-0.4, -0.2) is 32.5 Å². The standard InChI is InChI=1S/C29H21N5O3/c1-17-15-25(30-24-10-6-5-7-21(17)24)34-26(16-18(2)32-34)31-27(35)19-11-13-20(14-12-19)33-28(36)22-8-3-4-9-23(22)29(33)37/h3-16H,1-2H3,(H,31,35). The van der Waals surface area contributed by atoms with Gasteiger partial charge < -0.3 is 5.32 Å². The molecular formula is C29H21N5O3. The van der Waals surface area contributed by atoms with Gasteiger partial charge in [-0.15, -0.1) is 0 Å². The summed E-state index contributed by atoms with van der Waals surface area (Å²) in [5.41, 5.74) is 4.13. The molecule has 8 nitrogen and oxygen atoms in total. The molecule has 0 fully saturated rings. The molecule has 180 valence electrons. The van der Waals surface area contributed by atoms with Crippen LogP contribution in [0.1, 0.15) is 42.3 Å². The molecule has 0 spiro atoms. The molecule has 0 bridgehead atoms. The molecule has 0 unspecified atom stereocenters. The second kappa shape index (κ2) is 8.53. The van der Waals surface area contributed by atoms with Crippen molar-refractivity contribution < 1.29 is 14.4 Å². The van der Waals surface area contributed by atoms with Gasteiger partial charge in [-0.05, 0) is 67.9 Å². The minimum atomic E-state index is -0.379. The summed E-state index contributed by atoms with van der Waals surface area (Å²) in [4.78, 5) is 44.5. The van der Waals surface area contributed by atoms with E-state index < -0.39 is 0 Å². The van der Waals surface area contributed by atoms with Crippen molar-refractivity contribution in [3.05, 3.63) is 113 Å². The third-order valence-corrected chi connectivity index (χ3v) is 6.38. The lowest BCUT2D eigenvalue weighted by atomic mass is 10.1. The number of aryl methyl sites for hydroxylation is 2. The fourth-order valence-electron chi connectivity index (χ4n) is 4.58. The minimum Gasteiger partial charge on any atom is -0.306 e. The molecule has 0 saturated heterocycles. The zero-order valence-corrected chi connectivity index (χ0v) is 20.1. The topological polar surface area (TPSA) is 97.2 Å². The average Bonchev–Trinajstić information content (AvgIpc) is 3.40. The molecule has 5 aromatic rings. The van der Waals surface area contributed by atoms with Crippen molar-refractivity contribution >= 4 is 40.1 Å². The number of aromatic nitrogens is 3. The van der Waals surface area contributed by atoms with E-state index in [1.54, 1.807) is 59.3 Å². The zero-order chi connectivity index (χ0) is 25.7. The Morgan fingerprint density at radius 1 is 0.811 bits per heavy atom. The summed E-state index contributed by atoms with van der Waals surface area (Å²) >= 11 is 0. The van der Waals surface area contributed by atoms with Gasteiger partial charge in [0, 0.05) is 17.0 Å². The van der Waals surface area contributed by atoms with Crippen molar-refractivity contribution in [2.75, 3.05) is 10.2 Å². The first-order valence-electron chi connectivity index (χ1n) is 11.7. The van der Waals surface area contributed by atoms with Gasteiger partial charge >= 0.3 is 0 Å². The molecule has 37 heavy (non-hydrogen) atoms. The van der Waals surface area contributed by atoms with Gasteiger partial charge in [-0.25, -0.2) is 9.88 Å². The lowest BCUT2D eigenvalue weighted by Gasteiger charge is -2.14. The summed E-state index contributed by atoms with van der Waals surface area (Å²) in [6.45, 7) is 3.86. The maximum Gasteiger partial charge on any atom is 0.266 e. The number of hydrogen-bond donors (Lipinski definition) is 1. The van der Waals surface area contributed by atoms with E-state index in [2.05, 4.69) is 10.4 Å². The van der Waals surface area contributed by atoms with E-state index in [1.165, 1.54) is 0 Å². The second-order valence-corrected chi connectivity index (χ2v) is 8.89.